The molecule has 1 aliphatic rings. The topological polar surface area (TPSA) is 87.3 Å². The molecule has 1 aromatic rings. The highest BCUT2D eigenvalue weighted by molar-refractivity contribution is 5.99. The summed E-state index contributed by atoms with van der Waals surface area (Å²) in [5.41, 5.74) is 2.18. The molecule has 6 nitrogen and oxygen atoms in total. The Morgan fingerprint density at radius 3 is 2.76 bits per heavy atom. The van der Waals surface area contributed by atoms with E-state index < -0.39 is 0 Å². The predicted molar refractivity (Wildman–Crippen MR) is 79.0 cm³/mol. The van der Waals surface area contributed by atoms with Gasteiger partial charge in [-0.3, -0.25) is 14.4 Å². The molecule has 1 heterocycles. The summed E-state index contributed by atoms with van der Waals surface area (Å²) < 4.78 is 0. The Bertz CT molecular complexity index is 582. The maximum absolute atomic E-state index is 12.0. The molecule has 3 N–H and O–H groups in total. The maximum atomic E-state index is 12.0. The van der Waals surface area contributed by atoms with Crippen LogP contribution in [0.5, 0.6) is 0 Å². The molecular formula is C15H19N3O3. The number of nitrogens with one attached hydrogen (secondary N) is 3. The van der Waals surface area contributed by atoms with Crippen LogP contribution in [-0.2, 0) is 16.0 Å². The average molecular weight is 289 g/mol. The van der Waals surface area contributed by atoms with Crippen molar-refractivity contribution < 1.29 is 14.4 Å². The molecule has 6 heteroatoms. The molecule has 112 valence electrons. The van der Waals surface area contributed by atoms with Gasteiger partial charge < -0.3 is 16.0 Å². The van der Waals surface area contributed by atoms with E-state index in [1.807, 2.05) is 13.8 Å². The lowest BCUT2D eigenvalue weighted by Gasteiger charge is -2.17. The molecule has 0 aliphatic carbocycles. The van der Waals surface area contributed by atoms with Crippen LogP contribution in [0.4, 0.5) is 5.69 Å². The van der Waals surface area contributed by atoms with Crippen LogP contribution in [0.15, 0.2) is 18.2 Å². The lowest BCUT2D eigenvalue weighted by Crippen LogP contribution is -2.39. The highest BCUT2D eigenvalue weighted by Crippen LogP contribution is 2.23. The van der Waals surface area contributed by atoms with Crippen LogP contribution in [0.1, 0.15) is 36.2 Å². The standard InChI is InChI=1S/C15H19N3O3/c1-9(2)17-14(20)8-16-15(21)11-3-5-12-10(7-11)4-6-13(19)18-12/h3,5,7,9H,4,6,8H2,1-2H3,(H,16,21)(H,17,20)(H,18,19). The third kappa shape index (κ3) is 4.05. The van der Waals surface area contributed by atoms with E-state index in [4.69, 9.17) is 0 Å². The summed E-state index contributed by atoms with van der Waals surface area (Å²) in [5, 5.41) is 8.05. The van der Waals surface area contributed by atoms with Gasteiger partial charge in [0.2, 0.25) is 11.8 Å². The number of aryl methyl sites for hydroxylation is 1. The zero-order valence-electron chi connectivity index (χ0n) is 12.2. The lowest BCUT2D eigenvalue weighted by molar-refractivity contribution is -0.120. The van der Waals surface area contributed by atoms with Gasteiger partial charge in [-0.25, -0.2) is 0 Å². The van der Waals surface area contributed by atoms with Crippen LogP contribution >= 0.6 is 0 Å². The van der Waals surface area contributed by atoms with E-state index in [9.17, 15) is 14.4 Å². The Kier molecular flexibility index (Phi) is 4.57. The molecule has 0 aromatic heterocycles. The molecule has 2 rings (SSSR count). The fraction of sp³-hybridized carbons (Fsp3) is 0.400. The summed E-state index contributed by atoms with van der Waals surface area (Å²) in [7, 11) is 0. The van der Waals surface area contributed by atoms with Crippen molar-refractivity contribution in [3.05, 3.63) is 29.3 Å². The van der Waals surface area contributed by atoms with Gasteiger partial charge in [0.25, 0.3) is 5.91 Å². The van der Waals surface area contributed by atoms with Crippen molar-refractivity contribution in [3.8, 4) is 0 Å². The summed E-state index contributed by atoms with van der Waals surface area (Å²) >= 11 is 0. The van der Waals surface area contributed by atoms with E-state index in [1.165, 1.54) is 0 Å². The third-order valence-electron chi connectivity index (χ3n) is 3.12. The summed E-state index contributed by atoms with van der Waals surface area (Å²) in [6.07, 6.45) is 1.05. The normalized spacial score (nSPS) is 13.4. The van der Waals surface area contributed by atoms with Gasteiger partial charge in [-0.15, -0.1) is 0 Å². The first-order valence-electron chi connectivity index (χ1n) is 6.96. The fourth-order valence-corrected chi connectivity index (χ4v) is 2.16. The number of carbonyl (C=O) groups is 3. The van der Waals surface area contributed by atoms with Gasteiger partial charge in [-0.2, -0.15) is 0 Å². The zero-order chi connectivity index (χ0) is 15.4. The highest BCUT2D eigenvalue weighted by Gasteiger charge is 2.17. The first kappa shape index (κ1) is 15.0. The largest absolute Gasteiger partial charge is 0.352 e. The van der Waals surface area contributed by atoms with Crippen molar-refractivity contribution in [1.82, 2.24) is 10.6 Å². The van der Waals surface area contributed by atoms with Crippen LogP contribution in [0.3, 0.4) is 0 Å². The number of rotatable bonds is 4. The SMILES string of the molecule is CC(C)NC(=O)CNC(=O)c1ccc2c(c1)CCC(=O)N2. The smallest absolute Gasteiger partial charge is 0.251 e. The van der Waals surface area contributed by atoms with Gasteiger partial charge in [0.15, 0.2) is 0 Å². The molecule has 0 unspecified atom stereocenters. The molecule has 1 aromatic carbocycles. The number of benzene rings is 1. The molecule has 21 heavy (non-hydrogen) atoms. The third-order valence-corrected chi connectivity index (χ3v) is 3.12. The fourth-order valence-electron chi connectivity index (χ4n) is 2.16. The Labute approximate surface area is 123 Å². The zero-order valence-corrected chi connectivity index (χ0v) is 12.2. The highest BCUT2D eigenvalue weighted by atomic mass is 16.2. The second-order valence-electron chi connectivity index (χ2n) is 5.32. The number of amides is 3. The Hall–Kier alpha value is -2.37. The van der Waals surface area contributed by atoms with Crippen molar-refractivity contribution in [2.24, 2.45) is 0 Å². The minimum Gasteiger partial charge on any atom is -0.352 e. The molecule has 0 atom stereocenters. The first-order valence-corrected chi connectivity index (χ1v) is 6.96. The first-order chi connectivity index (χ1) is 9.95. The van der Waals surface area contributed by atoms with Crippen LogP contribution in [0, 0.1) is 0 Å². The second kappa shape index (κ2) is 6.39. The van der Waals surface area contributed by atoms with Gasteiger partial charge in [0.05, 0.1) is 6.54 Å². The molecule has 0 saturated heterocycles. The van der Waals surface area contributed by atoms with Crippen molar-refractivity contribution in [3.63, 3.8) is 0 Å². The Morgan fingerprint density at radius 2 is 2.05 bits per heavy atom. The molecule has 0 spiro atoms. The van der Waals surface area contributed by atoms with Crippen molar-refractivity contribution in [2.75, 3.05) is 11.9 Å². The van der Waals surface area contributed by atoms with E-state index in [1.54, 1.807) is 18.2 Å². The Balaban J connectivity index is 1.97. The number of fused-ring (bicyclic) bond motifs is 1. The second-order valence-corrected chi connectivity index (χ2v) is 5.32. The van der Waals surface area contributed by atoms with Crippen molar-refractivity contribution >= 4 is 23.4 Å². The van der Waals surface area contributed by atoms with Gasteiger partial charge >= 0.3 is 0 Å². The lowest BCUT2D eigenvalue weighted by atomic mass is 10.00. The van der Waals surface area contributed by atoms with Crippen LogP contribution in [0.2, 0.25) is 0 Å². The van der Waals surface area contributed by atoms with Gasteiger partial charge in [-0.05, 0) is 44.0 Å². The molecule has 0 fully saturated rings. The number of hydrogen-bond acceptors (Lipinski definition) is 3. The number of anilines is 1. The summed E-state index contributed by atoms with van der Waals surface area (Å²) in [6, 6.07) is 5.15. The van der Waals surface area contributed by atoms with E-state index in [0.717, 1.165) is 11.3 Å². The van der Waals surface area contributed by atoms with Crippen LogP contribution < -0.4 is 16.0 Å². The minimum atomic E-state index is -0.298. The number of carbonyl (C=O) groups excluding carboxylic acids is 3. The molecule has 0 bridgehead atoms. The number of hydrogen-bond donors (Lipinski definition) is 3. The van der Waals surface area contributed by atoms with E-state index in [0.29, 0.717) is 18.4 Å². The molecule has 0 saturated carbocycles. The monoisotopic (exact) mass is 289 g/mol. The summed E-state index contributed by atoms with van der Waals surface area (Å²) in [4.78, 5) is 34.8. The van der Waals surface area contributed by atoms with E-state index >= 15 is 0 Å². The maximum Gasteiger partial charge on any atom is 0.251 e. The van der Waals surface area contributed by atoms with Crippen LogP contribution in [-0.4, -0.2) is 30.3 Å². The summed E-state index contributed by atoms with van der Waals surface area (Å²) in [6.45, 7) is 3.67. The van der Waals surface area contributed by atoms with E-state index in [2.05, 4.69) is 16.0 Å². The predicted octanol–water partition coefficient (Wildman–Crippen LogP) is 0.826. The Morgan fingerprint density at radius 1 is 1.29 bits per heavy atom. The van der Waals surface area contributed by atoms with Crippen LogP contribution in [0.25, 0.3) is 0 Å². The summed E-state index contributed by atoms with van der Waals surface area (Å²) in [5.74, 6) is -0.526. The van der Waals surface area contributed by atoms with Crippen molar-refractivity contribution in [1.29, 1.82) is 0 Å². The molecule has 0 radical (unpaired) electrons. The average Bonchev–Trinajstić information content (AvgIpc) is 2.43. The van der Waals surface area contributed by atoms with Gasteiger partial charge in [0.1, 0.15) is 0 Å². The molecule has 1 aliphatic heterocycles. The van der Waals surface area contributed by atoms with E-state index in [-0.39, 0.29) is 30.3 Å². The minimum absolute atomic E-state index is 0.00921. The van der Waals surface area contributed by atoms with Gasteiger partial charge in [0, 0.05) is 23.7 Å². The molecule has 3 amide bonds. The van der Waals surface area contributed by atoms with Crippen molar-refractivity contribution in [2.45, 2.75) is 32.7 Å². The quantitative estimate of drug-likeness (QED) is 0.767. The van der Waals surface area contributed by atoms with Gasteiger partial charge in [-0.1, -0.05) is 0 Å². The molecular weight excluding hydrogens is 270 g/mol.